The van der Waals surface area contributed by atoms with Gasteiger partial charge in [-0.1, -0.05) is 6.07 Å². The van der Waals surface area contributed by atoms with Gasteiger partial charge in [-0.15, -0.1) is 0 Å². The minimum atomic E-state index is -0.220. The summed E-state index contributed by atoms with van der Waals surface area (Å²) in [5, 5.41) is 12.5. The van der Waals surface area contributed by atoms with Crippen molar-refractivity contribution in [3.8, 4) is 0 Å². The van der Waals surface area contributed by atoms with Gasteiger partial charge in [0.2, 0.25) is 0 Å². The minimum absolute atomic E-state index is 0.181. The molecule has 6 nitrogen and oxygen atoms in total. The number of hydrogen-bond donors (Lipinski definition) is 2. The van der Waals surface area contributed by atoms with Crippen molar-refractivity contribution in [2.24, 2.45) is 5.92 Å². The number of nitrogens with one attached hydrogen (secondary N) is 1. The summed E-state index contributed by atoms with van der Waals surface area (Å²) in [6.07, 6.45) is 2.77. The molecule has 122 valence electrons. The highest BCUT2D eigenvalue weighted by Gasteiger charge is 2.43. The summed E-state index contributed by atoms with van der Waals surface area (Å²) in [6, 6.07) is 5.87. The predicted molar refractivity (Wildman–Crippen MR) is 83.9 cm³/mol. The van der Waals surface area contributed by atoms with E-state index in [2.05, 4.69) is 15.2 Å². The number of nitrogens with zero attached hydrogens (tertiary/aromatic N) is 2. The van der Waals surface area contributed by atoms with Gasteiger partial charge in [-0.05, 0) is 18.6 Å². The fraction of sp³-hybridized carbons (Fsp3) is 0.688. The monoisotopic (exact) mass is 307 g/mol. The molecule has 22 heavy (non-hydrogen) atoms. The number of rotatable bonds is 5. The third-order valence-corrected chi connectivity index (χ3v) is 4.37. The van der Waals surface area contributed by atoms with Crippen LogP contribution in [0.1, 0.15) is 6.42 Å². The van der Waals surface area contributed by atoms with Crippen LogP contribution < -0.4 is 5.32 Å². The average Bonchev–Trinajstić information content (AvgIpc) is 2.82. The fourth-order valence-electron chi connectivity index (χ4n) is 3.31. The van der Waals surface area contributed by atoms with Crippen molar-refractivity contribution in [3.05, 3.63) is 24.4 Å². The van der Waals surface area contributed by atoms with Crippen molar-refractivity contribution in [3.63, 3.8) is 0 Å². The summed E-state index contributed by atoms with van der Waals surface area (Å²) in [6.45, 7) is 5.54. The Labute approximate surface area is 131 Å². The van der Waals surface area contributed by atoms with Gasteiger partial charge in [0.1, 0.15) is 11.4 Å². The molecular formula is C16H25N3O3. The Kier molecular flexibility index (Phi) is 5.25. The van der Waals surface area contributed by atoms with E-state index in [0.717, 1.165) is 38.5 Å². The van der Waals surface area contributed by atoms with Crippen molar-refractivity contribution in [2.45, 2.75) is 12.0 Å². The summed E-state index contributed by atoms with van der Waals surface area (Å²) in [5.41, 5.74) is -0.220. The van der Waals surface area contributed by atoms with Crippen LogP contribution in [0.2, 0.25) is 0 Å². The number of β-amino-alcohol motifs (C(OH)–C–C–N with tert-alkyl or cyclic N) is 1. The van der Waals surface area contributed by atoms with Gasteiger partial charge in [0.15, 0.2) is 0 Å². The molecule has 2 N–H and O–H groups in total. The van der Waals surface area contributed by atoms with Crippen molar-refractivity contribution in [2.75, 3.05) is 57.9 Å². The molecule has 3 heterocycles. The molecule has 2 aliphatic rings. The first-order valence-electron chi connectivity index (χ1n) is 7.99. The van der Waals surface area contributed by atoms with E-state index in [-0.39, 0.29) is 12.2 Å². The van der Waals surface area contributed by atoms with Crippen LogP contribution in [0.4, 0.5) is 5.82 Å². The van der Waals surface area contributed by atoms with Gasteiger partial charge in [0.05, 0.1) is 26.4 Å². The molecule has 2 saturated heterocycles. The minimum Gasteiger partial charge on any atom is -0.395 e. The molecule has 1 aromatic rings. The lowest BCUT2D eigenvalue weighted by Crippen LogP contribution is -2.45. The maximum absolute atomic E-state index is 9.16. The maximum Gasteiger partial charge on any atom is 0.125 e. The zero-order valence-electron chi connectivity index (χ0n) is 12.9. The predicted octanol–water partition coefficient (Wildman–Crippen LogP) is 0.593. The van der Waals surface area contributed by atoms with Crippen LogP contribution in [-0.4, -0.2) is 73.2 Å². The SMILES string of the molecule is OCCN1CCOCC2(CC(CNc3ccccn3)CO2)C1. The first-order chi connectivity index (χ1) is 10.8. The molecule has 2 atom stereocenters. The van der Waals surface area contributed by atoms with Crippen LogP contribution in [-0.2, 0) is 9.47 Å². The van der Waals surface area contributed by atoms with Gasteiger partial charge in [-0.2, -0.15) is 0 Å². The number of anilines is 1. The molecule has 2 unspecified atom stereocenters. The van der Waals surface area contributed by atoms with Crippen LogP contribution in [0.5, 0.6) is 0 Å². The first-order valence-corrected chi connectivity index (χ1v) is 7.99. The van der Waals surface area contributed by atoms with Crippen LogP contribution in [0.15, 0.2) is 24.4 Å². The van der Waals surface area contributed by atoms with Gasteiger partial charge in [0, 0.05) is 38.3 Å². The van der Waals surface area contributed by atoms with E-state index in [9.17, 15) is 0 Å². The lowest BCUT2D eigenvalue weighted by Gasteiger charge is -2.30. The largest absolute Gasteiger partial charge is 0.395 e. The normalized spacial score (nSPS) is 29.6. The van der Waals surface area contributed by atoms with E-state index in [0.29, 0.717) is 25.7 Å². The molecule has 1 aromatic heterocycles. The number of aromatic nitrogens is 1. The molecule has 2 aliphatic heterocycles. The Hall–Kier alpha value is -1.21. The van der Waals surface area contributed by atoms with Crippen molar-refractivity contribution in [1.82, 2.24) is 9.88 Å². The highest BCUT2D eigenvalue weighted by Crippen LogP contribution is 2.32. The van der Waals surface area contributed by atoms with Crippen LogP contribution in [0.25, 0.3) is 0 Å². The van der Waals surface area contributed by atoms with E-state index >= 15 is 0 Å². The summed E-state index contributed by atoms with van der Waals surface area (Å²) in [4.78, 5) is 6.52. The van der Waals surface area contributed by atoms with Gasteiger partial charge < -0.3 is 19.9 Å². The van der Waals surface area contributed by atoms with E-state index < -0.39 is 0 Å². The Morgan fingerprint density at radius 2 is 2.41 bits per heavy atom. The zero-order chi connectivity index (χ0) is 15.3. The van der Waals surface area contributed by atoms with Gasteiger partial charge in [-0.25, -0.2) is 4.98 Å². The summed E-state index contributed by atoms with van der Waals surface area (Å²) in [7, 11) is 0. The van der Waals surface area contributed by atoms with E-state index in [1.54, 1.807) is 6.20 Å². The van der Waals surface area contributed by atoms with Gasteiger partial charge in [-0.3, -0.25) is 4.90 Å². The number of hydrogen-bond acceptors (Lipinski definition) is 6. The second-order valence-electron chi connectivity index (χ2n) is 6.21. The fourth-order valence-corrected chi connectivity index (χ4v) is 3.31. The number of aliphatic hydroxyl groups is 1. The van der Waals surface area contributed by atoms with E-state index in [4.69, 9.17) is 14.6 Å². The molecule has 0 aromatic carbocycles. The van der Waals surface area contributed by atoms with Crippen molar-refractivity contribution >= 4 is 5.82 Å². The summed E-state index contributed by atoms with van der Waals surface area (Å²) < 4.78 is 11.9. The molecule has 0 radical (unpaired) electrons. The third-order valence-electron chi connectivity index (χ3n) is 4.37. The second-order valence-corrected chi connectivity index (χ2v) is 6.21. The van der Waals surface area contributed by atoms with Gasteiger partial charge in [0.25, 0.3) is 0 Å². The van der Waals surface area contributed by atoms with Crippen LogP contribution >= 0.6 is 0 Å². The van der Waals surface area contributed by atoms with Gasteiger partial charge >= 0.3 is 0 Å². The Morgan fingerprint density at radius 1 is 1.45 bits per heavy atom. The molecule has 0 bridgehead atoms. The second kappa shape index (κ2) is 7.37. The zero-order valence-corrected chi connectivity index (χ0v) is 12.9. The lowest BCUT2D eigenvalue weighted by molar-refractivity contribution is -0.0563. The quantitative estimate of drug-likeness (QED) is 0.830. The molecule has 0 amide bonds. The summed E-state index contributed by atoms with van der Waals surface area (Å²) >= 11 is 0. The Balaban J connectivity index is 1.53. The lowest BCUT2D eigenvalue weighted by atomic mass is 9.94. The first kappa shape index (κ1) is 15.7. The average molecular weight is 307 g/mol. The molecule has 1 spiro atoms. The Morgan fingerprint density at radius 3 is 3.23 bits per heavy atom. The molecule has 3 rings (SSSR count). The molecule has 6 heteroatoms. The Bertz CT molecular complexity index is 459. The van der Waals surface area contributed by atoms with E-state index in [1.807, 2.05) is 18.2 Å². The molecule has 0 saturated carbocycles. The topological polar surface area (TPSA) is 66.9 Å². The van der Waals surface area contributed by atoms with E-state index in [1.165, 1.54) is 0 Å². The molecule has 0 aliphatic carbocycles. The van der Waals surface area contributed by atoms with Crippen LogP contribution in [0.3, 0.4) is 0 Å². The van der Waals surface area contributed by atoms with Crippen molar-refractivity contribution < 1.29 is 14.6 Å². The maximum atomic E-state index is 9.16. The highest BCUT2D eigenvalue weighted by atomic mass is 16.5. The van der Waals surface area contributed by atoms with Crippen LogP contribution in [0, 0.1) is 5.92 Å². The number of ether oxygens (including phenoxy) is 2. The number of pyridine rings is 1. The standard InChI is InChI=1S/C16H25N3O3/c20-7-5-19-6-8-21-13-16(12-19)9-14(11-22-16)10-18-15-3-1-2-4-17-15/h1-4,14,20H,5-13H2,(H,17,18). The van der Waals surface area contributed by atoms with Crippen molar-refractivity contribution in [1.29, 1.82) is 0 Å². The summed E-state index contributed by atoms with van der Waals surface area (Å²) in [5.74, 6) is 1.36. The number of aliphatic hydroxyl groups excluding tert-OH is 1. The smallest absolute Gasteiger partial charge is 0.125 e. The third kappa shape index (κ3) is 3.95. The highest BCUT2D eigenvalue weighted by molar-refractivity contribution is 5.33. The molecular weight excluding hydrogens is 282 g/mol. The molecule has 2 fully saturated rings.